The number of piperazine rings is 1. The molecule has 0 saturated carbocycles. The molecule has 1 aromatic heterocycles. The number of aromatic nitrogens is 2. The normalized spacial score (nSPS) is 14.4. The lowest BCUT2D eigenvalue weighted by molar-refractivity contribution is 0.0660. The minimum absolute atomic E-state index is 0.140. The third-order valence-electron chi connectivity index (χ3n) is 5.15. The Bertz CT molecular complexity index is 1050. The average molecular weight is 439 g/mol. The van der Waals surface area contributed by atoms with Crippen molar-refractivity contribution in [3.05, 3.63) is 65.3 Å². The van der Waals surface area contributed by atoms with Crippen LogP contribution in [0.3, 0.4) is 0 Å². The van der Waals surface area contributed by atoms with E-state index in [1.54, 1.807) is 42.5 Å². The van der Waals surface area contributed by atoms with Crippen LogP contribution in [-0.2, 0) is 0 Å². The predicted molar refractivity (Wildman–Crippen MR) is 119 cm³/mol. The zero-order chi connectivity index (χ0) is 21.8. The second kappa shape index (κ2) is 9.32. The summed E-state index contributed by atoms with van der Waals surface area (Å²) in [7, 11) is 3.66. The quantitative estimate of drug-likeness (QED) is 0.600. The molecule has 0 atom stereocenters. The number of amides is 1. The van der Waals surface area contributed by atoms with Gasteiger partial charge in [-0.15, -0.1) is 0 Å². The van der Waals surface area contributed by atoms with E-state index in [2.05, 4.69) is 14.9 Å². The number of rotatable bonds is 5. The molecule has 0 N–H and O–H groups in total. The lowest BCUT2D eigenvalue weighted by atomic mass is 10.2. The Kier molecular flexibility index (Phi) is 6.34. The van der Waals surface area contributed by atoms with Gasteiger partial charge in [0, 0.05) is 43.0 Å². The molecule has 160 valence electrons. The zero-order valence-corrected chi connectivity index (χ0v) is 18.2. The fourth-order valence-electron chi connectivity index (χ4n) is 3.26. The Morgan fingerprint density at radius 3 is 2.26 bits per heavy atom. The highest BCUT2D eigenvalue weighted by Crippen LogP contribution is 2.28. The summed E-state index contributed by atoms with van der Waals surface area (Å²) in [6.45, 7) is 2.94. The summed E-state index contributed by atoms with van der Waals surface area (Å²) in [4.78, 5) is 26.2. The van der Waals surface area contributed by atoms with Gasteiger partial charge in [-0.05, 0) is 55.6 Å². The fourth-order valence-corrected chi connectivity index (χ4v) is 3.39. The van der Waals surface area contributed by atoms with Gasteiger partial charge in [-0.1, -0.05) is 11.6 Å². The van der Waals surface area contributed by atoms with Gasteiger partial charge < -0.3 is 19.3 Å². The summed E-state index contributed by atoms with van der Waals surface area (Å²) < 4.78 is 11.2. The Balaban J connectivity index is 1.68. The number of benzene rings is 2. The third-order valence-corrected chi connectivity index (χ3v) is 5.40. The van der Waals surface area contributed by atoms with Crippen molar-refractivity contribution in [3.8, 4) is 28.8 Å². The van der Waals surface area contributed by atoms with Crippen molar-refractivity contribution in [2.75, 3.05) is 40.3 Å². The molecule has 31 heavy (non-hydrogen) atoms. The summed E-state index contributed by atoms with van der Waals surface area (Å²) >= 11 is 5.98. The van der Waals surface area contributed by atoms with Crippen molar-refractivity contribution >= 4 is 17.5 Å². The zero-order valence-electron chi connectivity index (χ0n) is 17.4. The summed E-state index contributed by atoms with van der Waals surface area (Å²) in [5.74, 6) is 1.81. The maximum absolute atomic E-state index is 13.2. The van der Waals surface area contributed by atoms with Crippen LogP contribution in [0.4, 0.5) is 0 Å². The molecule has 0 bridgehead atoms. The van der Waals surface area contributed by atoms with Gasteiger partial charge in [0.2, 0.25) is 5.88 Å². The van der Waals surface area contributed by atoms with Crippen molar-refractivity contribution in [3.63, 3.8) is 0 Å². The highest BCUT2D eigenvalue weighted by atomic mass is 35.5. The molecule has 7 nitrogen and oxygen atoms in total. The molecule has 1 saturated heterocycles. The number of carbonyl (C=O) groups excluding carboxylic acids is 1. The van der Waals surface area contributed by atoms with Gasteiger partial charge in [0.15, 0.2) is 5.82 Å². The minimum atomic E-state index is -0.140. The van der Waals surface area contributed by atoms with Crippen molar-refractivity contribution in [1.82, 2.24) is 19.8 Å². The van der Waals surface area contributed by atoms with E-state index in [4.69, 9.17) is 21.1 Å². The molecule has 2 heterocycles. The Labute approximate surface area is 186 Å². The predicted octanol–water partition coefficient (Wildman–Crippen LogP) is 3.99. The van der Waals surface area contributed by atoms with E-state index < -0.39 is 0 Å². The summed E-state index contributed by atoms with van der Waals surface area (Å²) in [5.41, 5.74) is 1.12. The molecule has 4 rings (SSSR count). The number of halogens is 1. The van der Waals surface area contributed by atoms with Crippen LogP contribution < -0.4 is 9.47 Å². The van der Waals surface area contributed by atoms with E-state index in [-0.39, 0.29) is 11.8 Å². The van der Waals surface area contributed by atoms with Gasteiger partial charge in [-0.3, -0.25) is 4.79 Å². The van der Waals surface area contributed by atoms with Crippen LogP contribution in [0.1, 0.15) is 10.4 Å². The monoisotopic (exact) mass is 438 g/mol. The molecular formula is C23H23ClN4O3. The largest absolute Gasteiger partial charge is 0.497 e. The average Bonchev–Trinajstić information content (AvgIpc) is 2.81. The fraction of sp³-hybridized carbons (Fsp3) is 0.261. The van der Waals surface area contributed by atoms with Gasteiger partial charge in [0.25, 0.3) is 5.91 Å². The lowest BCUT2D eigenvalue weighted by Crippen LogP contribution is -2.47. The second-order valence-electron chi connectivity index (χ2n) is 7.29. The maximum atomic E-state index is 13.2. The van der Waals surface area contributed by atoms with Gasteiger partial charge in [0.05, 0.1) is 7.11 Å². The SMILES string of the molecule is COc1ccc(-c2ncc(C(=O)N3CCN(C)CC3)c(Oc3ccc(Cl)cc3)n2)cc1. The van der Waals surface area contributed by atoms with Crippen molar-refractivity contribution in [1.29, 1.82) is 0 Å². The first-order valence-corrected chi connectivity index (χ1v) is 10.3. The van der Waals surface area contributed by atoms with Crippen molar-refractivity contribution in [2.24, 2.45) is 0 Å². The van der Waals surface area contributed by atoms with Crippen LogP contribution >= 0.6 is 11.6 Å². The van der Waals surface area contributed by atoms with Crippen LogP contribution in [0.2, 0.25) is 5.02 Å². The molecular weight excluding hydrogens is 416 g/mol. The molecule has 0 radical (unpaired) electrons. The van der Waals surface area contributed by atoms with Gasteiger partial charge >= 0.3 is 0 Å². The minimum Gasteiger partial charge on any atom is -0.497 e. The summed E-state index contributed by atoms with van der Waals surface area (Å²) in [5, 5.41) is 0.600. The molecule has 3 aromatic rings. The van der Waals surface area contributed by atoms with Crippen LogP contribution in [0.25, 0.3) is 11.4 Å². The number of hydrogen-bond donors (Lipinski definition) is 0. The van der Waals surface area contributed by atoms with Crippen molar-refractivity contribution in [2.45, 2.75) is 0 Å². The topological polar surface area (TPSA) is 67.8 Å². The Hall–Kier alpha value is -3.16. The Morgan fingerprint density at radius 2 is 1.61 bits per heavy atom. The number of ether oxygens (including phenoxy) is 2. The molecule has 1 fully saturated rings. The number of hydrogen-bond acceptors (Lipinski definition) is 6. The molecule has 0 unspecified atom stereocenters. The van der Waals surface area contributed by atoms with E-state index in [1.165, 1.54) is 0 Å². The molecule has 0 spiro atoms. The summed E-state index contributed by atoms with van der Waals surface area (Å²) in [6, 6.07) is 14.3. The maximum Gasteiger partial charge on any atom is 0.261 e. The van der Waals surface area contributed by atoms with Crippen LogP contribution in [-0.4, -0.2) is 66.0 Å². The Morgan fingerprint density at radius 1 is 0.968 bits per heavy atom. The number of likely N-dealkylation sites (N-methyl/N-ethyl adjacent to an activating group) is 1. The van der Waals surface area contributed by atoms with Crippen LogP contribution in [0.15, 0.2) is 54.7 Å². The van der Waals surface area contributed by atoms with Gasteiger partial charge in [-0.2, -0.15) is 4.98 Å². The van der Waals surface area contributed by atoms with E-state index in [0.29, 0.717) is 35.2 Å². The molecule has 1 amide bonds. The standard InChI is InChI=1S/C23H23ClN4O3/c1-27-11-13-28(14-12-27)23(29)20-15-25-21(16-3-7-18(30-2)8-4-16)26-22(20)31-19-9-5-17(24)6-10-19/h3-10,15H,11-14H2,1-2H3. The lowest BCUT2D eigenvalue weighted by Gasteiger charge is -2.32. The molecule has 1 aliphatic rings. The third kappa shape index (κ3) is 4.95. The van der Waals surface area contributed by atoms with E-state index in [0.717, 1.165) is 24.4 Å². The second-order valence-corrected chi connectivity index (χ2v) is 7.73. The highest BCUT2D eigenvalue weighted by Gasteiger charge is 2.25. The van der Waals surface area contributed by atoms with Crippen LogP contribution in [0.5, 0.6) is 17.4 Å². The molecule has 0 aliphatic carbocycles. The smallest absolute Gasteiger partial charge is 0.261 e. The van der Waals surface area contributed by atoms with Gasteiger partial charge in [-0.25, -0.2) is 4.98 Å². The first kappa shape index (κ1) is 21.1. The molecule has 1 aliphatic heterocycles. The van der Waals surface area contributed by atoms with E-state index in [9.17, 15) is 4.79 Å². The summed E-state index contributed by atoms with van der Waals surface area (Å²) in [6.07, 6.45) is 1.54. The van der Waals surface area contributed by atoms with E-state index >= 15 is 0 Å². The molecule has 2 aromatic carbocycles. The highest BCUT2D eigenvalue weighted by molar-refractivity contribution is 6.30. The molecule has 8 heteroatoms. The number of methoxy groups -OCH3 is 1. The van der Waals surface area contributed by atoms with Crippen molar-refractivity contribution < 1.29 is 14.3 Å². The van der Waals surface area contributed by atoms with Crippen LogP contribution in [0, 0.1) is 0 Å². The van der Waals surface area contributed by atoms with Gasteiger partial charge in [0.1, 0.15) is 17.1 Å². The first-order chi connectivity index (χ1) is 15.0. The van der Waals surface area contributed by atoms with E-state index in [1.807, 2.05) is 31.3 Å². The number of nitrogens with zero attached hydrogens (tertiary/aromatic N) is 4. The first-order valence-electron chi connectivity index (χ1n) is 9.96. The number of carbonyl (C=O) groups is 1.